The minimum Gasteiger partial charge on any atom is -0.481 e. The molecule has 0 spiro atoms. The number of aliphatic carboxylic acids is 1. The number of carboxylic acids is 1. The first kappa shape index (κ1) is 49.4. The van der Waals surface area contributed by atoms with Crippen molar-refractivity contribution >= 4 is 51.7 Å². The van der Waals surface area contributed by atoms with Crippen LogP contribution >= 0.6 is 0 Å². The summed E-state index contributed by atoms with van der Waals surface area (Å²) in [4.78, 5) is 39.2. The van der Waals surface area contributed by atoms with Crippen LogP contribution in [0, 0.1) is 11.8 Å². The number of hydrogen-bond acceptors (Lipinski definition) is 7. The highest BCUT2D eigenvalue weighted by Gasteiger charge is 2.62. The lowest BCUT2D eigenvalue weighted by atomic mass is 9.74. The Labute approximate surface area is 391 Å². The van der Waals surface area contributed by atoms with Gasteiger partial charge in [0.1, 0.15) is 0 Å². The van der Waals surface area contributed by atoms with Crippen molar-refractivity contribution in [2.24, 2.45) is 11.8 Å². The van der Waals surface area contributed by atoms with Crippen molar-refractivity contribution < 1.29 is 38.1 Å². The second-order valence-electron chi connectivity index (χ2n) is 20.4. The van der Waals surface area contributed by atoms with Crippen LogP contribution in [0.2, 0.25) is 28.2 Å². The van der Waals surface area contributed by atoms with Gasteiger partial charge in [-0.1, -0.05) is 176 Å². The van der Waals surface area contributed by atoms with Crippen molar-refractivity contribution in [2.75, 3.05) is 0 Å². The zero-order valence-electron chi connectivity index (χ0n) is 39.8. The van der Waals surface area contributed by atoms with Crippen LogP contribution in [-0.4, -0.2) is 88.3 Å². The predicted octanol–water partition coefficient (Wildman–Crippen LogP) is 8.59. The van der Waals surface area contributed by atoms with Crippen LogP contribution in [-0.2, 0) is 23.4 Å². The summed E-state index contributed by atoms with van der Waals surface area (Å²) >= 11 is 0. The molecule has 65 heavy (non-hydrogen) atoms. The lowest BCUT2D eigenvalue weighted by Crippen LogP contribution is -2.67. The van der Waals surface area contributed by atoms with E-state index in [2.05, 4.69) is 104 Å². The first-order chi connectivity index (χ1) is 31.1. The number of carboxylic acid groups (broad SMARTS) is 1. The minimum absolute atomic E-state index is 0.0844. The zero-order valence-corrected chi connectivity index (χ0v) is 42.8. The summed E-state index contributed by atoms with van der Waals surface area (Å²) < 4.78 is 29.1. The number of ether oxygens (including phenoxy) is 3. The Kier molecular flexibility index (Phi) is 15.5. The summed E-state index contributed by atoms with van der Waals surface area (Å²) in [6.45, 7) is 19.9. The Bertz CT molecular complexity index is 2060. The third kappa shape index (κ3) is 9.78. The molecule has 5 unspecified atom stereocenters. The Hall–Kier alpha value is -3.50. The number of carbonyl (C=O) groups is 1. The molecule has 7 rings (SSSR count). The number of rotatable bonds is 20. The van der Waals surface area contributed by atoms with Gasteiger partial charge in [-0.15, -0.1) is 6.58 Å². The van der Waals surface area contributed by atoms with E-state index in [1.165, 1.54) is 0 Å². The van der Waals surface area contributed by atoms with Gasteiger partial charge in [0.05, 0.1) is 49.1 Å². The van der Waals surface area contributed by atoms with Crippen LogP contribution in [0.5, 0.6) is 0 Å². The molecular formula is C54H74O8Si3. The number of hydrogen-bond donors (Lipinski definition) is 3. The fraction of sp³-hybridized carbons (Fsp3) is 0.500. The maximum absolute atomic E-state index is 13.5. The molecule has 0 amide bonds. The van der Waals surface area contributed by atoms with Crippen molar-refractivity contribution in [1.29, 1.82) is 0 Å². The molecule has 3 aliphatic rings. The second-order valence-corrected chi connectivity index (χ2v) is 33.0. The molecule has 0 saturated carbocycles. The highest BCUT2D eigenvalue weighted by atomic mass is 28.4. The van der Waals surface area contributed by atoms with E-state index in [-0.39, 0.29) is 42.7 Å². The second kappa shape index (κ2) is 20.4. The molecule has 350 valence electrons. The minimum atomic E-state index is -3.50. The third-order valence-corrected chi connectivity index (χ3v) is 29.6. The maximum atomic E-state index is 13.5. The van der Waals surface area contributed by atoms with Gasteiger partial charge in [-0.25, -0.2) is 0 Å². The largest absolute Gasteiger partial charge is 0.481 e. The molecule has 0 bridgehead atoms. The summed E-state index contributed by atoms with van der Waals surface area (Å²) in [5.41, 5.74) is 0. The molecular weight excluding hydrogens is 861 g/mol. The van der Waals surface area contributed by atoms with Crippen LogP contribution in [0.1, 0.15) is 87.0 Å². The Morgan fingerprint density at radius 2 is 1.08 bits per heavy atom. The summed E-state index contributed by atoms with van der Waals surface area (Å²) in [7, 11) is -9.03. The van der Waals surface area contributed by atoms with E-state index in [1.54, 1.807) is 0 Å². The van der Waals surface area contributed by atoms with Crippen molar-refractivity contribution in [3.05, 3.63) is 134 Å². The van der Waals surface area contributed by atoms with Crippen molar-refractivity contribution in [1.82, 2.24) is 0 Å². The quantitative estimate of drug-likeness (QED) is 0.0597. The van der Waals surface area contributed by atoms with Crippen LogP contribution in [0.4, 0.5) is 0 Å². The van der Waals surface area contributed by atoms with Crippen molar-refractivity contribution in [3.63, 3.8) is 0 Å². The van der Waals surface area contributed by atoms with Gasteiger partial charge in [-0.2, -0.15) is 0 Å². The van der Waals surface area contributed by atoms with E-state index in [1.807, 2.05) is 78.9 Å². The van der Waals surface area contributed by atoms with E-state index in [9.17, 15) is 19.5 Å². The molecule has 4 aromatic carbocycles. The summed E-state index contributed by atoms with van der Waals surface area (Å²) in [5, 5.41) is 12.5. The molecule has 11 heteroatoms. The molecule has 4 aromatic rings. The molecule has 0 aliphatic carbocycles. The summed E-state index contributed by atoms with van der Waals surface area (Å²) in [5.74, 6) is -1.27. The molecule has 0 radical (unpaired) electrons. The van der Waals surface area contributed by atoms with E-state index >= 15 is 0 Å². The Morgan fingerprint density at radius 3 is 1.48 bits per heavy atom. The van der Waals surface area contributed by atoms with Gasteiger partial charge in [-0.3, -0.25) is 4.79 Å². The Balaban J connectivity index is 1.35. The van der Waals surface area contributed by atoms with Gasteiger partial charge in [0.25, 0.3) is 16.6 Å². The Morgan fingerprint density at radius 1 is 0.662 bits per heavy atom. The SMILES string of the molecule is C=CC(C[C@H]1OC2C(CC(C)(C)[Si](O)(c3ccccc3)c3ccccc3)[C@H]3OC(CC(=O)O)CCC3O[C@H]2[C@H]1CC(C)(C)[Si](O)(c1ccccc1)c1ccccc1)O[Si](CC)(CC)CC. The molecule has 3 saturated heterocycles. The first-order valence-corrected chi connectivity index (χ1v) is 30.6. The van der Waals surface area contributed by atoms with E-state index in [0.29, 0.717) is 32.1 Å². The first-order valence-electron chi connectivity index (χ1n) is 24.2. The predicted molar refractivity (Wildman–Crippen MR) is 269 cm³/mol. The standard InChI is InChI=1S/C54H74O8Si3/c1-9-39(62-63(10-2,11-3)12-4)35-48-45(37-53(5,6)64(57,41-25-17-13-18-26-41)42-27-19-14-20-28-42)51-52(61-48)46(50-47(60-51)34-33-40(59-50)36-49(55)56)38-54(7,8)65(58,43-29-21-15-22-30-43)44-31-23-16-24-32-44/h9,13-32,39-40,45-48,50-52,57-58H,1,10-12,33-38H2,2-8H3,(H,55,56)/t39?,40?,45-,46?,47?,48+,50+,51-,52?/m0/s1. The molecule has 3 aliphatic heterocycles. The van der Waals surface area contributed by atoms with Gasteiger partial charge in [-0.05, 0) is 74.6 Å². The fourth-order valence-corrected chi connectivity index (χ4v) is 22.4. The van der Waals surface area contributed by atoms with Crippen LogP contribution in [0.25, 0.3) is 0 Å². The average Bonchev–Trinajstić information content (AvgIpc) is 3.65. The number of benzene rings is 4. The zero-order chi connectivity index (χ0) is 46.6. The van der Waals surface area contributed by atoms with Gasteiger partial charge in [0, 0.05) is 18.3 Å². The van der Waals surface area contributed by atoms with E-state index in [4.69, 9.17) is 18.6 Å². The fourth-order valence-electron chi connectivity index (χ4n) is 12.0. The molecule has 8 nitrogen and oxygen atoms in total. The van der Waals surface area contributed by atoms with Crippen molar-refractivity contribution in [2.45, 2.75) is 158 Å². The number of fused-ring (bicyclic) bond motifs is 2. The molecule has 3 N–H and O–H groups in total. The molecule has 3 fully saturated rings. The average molecular weight is 935 g/mol. The molecule has 9 atom stereocenters. The summed E-state index contributed by atoms with van der Waals surface area (Å²) in [6, 6.07) is 43.7. The lowest BCUT2D eigenvalue weighted by Gasteiger charge is -2.52. The van der Waals surface area contributed by atoms with Crippen LogP contribution in [0.3, 0.4) is 0 Å². The van der Waals surface area contributed by atoms with Gasteiger partial charge in [0.15, 0.2) is 8.32 Å². The summed E-state index contributed by atoms with van der Waals surface area (Å²) in [6.07, 6.45) is 2.33. The van der Waals surface area contributed by atoms with Crippen LogP contribution in [0.15, 0.2) is 134 Å². The topological polar surface area (TPSA) is 115 Å². The van der Waals surface area contributed by atoms with Crippen molar-refractivity contribution in [3.8, 4) is 0 Å². The van der Waals surface area contributed by atoms with E-state index in [0.717, 1.165) is 38.9 Å². The molecule has 0 aromatic heterocycles. The van der Waals surface area contributed by atoms with Gasteiger partial charge < -0.3 is 33.3 Å². The third-order valence-electron chi connectivity index (χ3n) is 15.9. The van der Waals surface area contributed by atoms with Gasteiger partial charge in [0.2, 0.25) is 0 Å². The monoisotopic (exact) mass is 934 g/mol. The smallest absolute Gasteiger partial charge is 0.305 e. The lowest BCUT2D eigenvalue weighted by molar-refractivity contribution is -0.243. The highest BCUT2D eigenvalue weighted by Crippen LogP contribution is 2.55. The van der Waals surface area contributed by atoms with E-state index < -0.39 is 59.3 Å². The highest BCUT2D eigenvalue weighted by molar-refractivity contribution is 6.99. The normalized spacial score (nSPS) is 25.6. The van der Waals surface area contributed by atoms with Crippen LogP contribution < -0.4 is 20.7 Å². The van der Waals surface area contributed by atoms with Gasteiger partial charge >= 0.3 is 5.97 Å². The molecule has 3 heterocycles. The maximum Gasteiger partial charge on any atom is 0.305 e.